The van der Waals surface area contributed by atoms with Gasteiger partial charge in [0.05, 0.1) is 5.52 Å². The predicted molar refractivity (Wildman–Crippen MR) is 84.8 cm³/mol. The van der Waals surface area contributed by atoms with Crippen molar-refractivity contribution in [1.82, 2.24) is 15.0 Å². The summed E-state index contributed by atoms with van der Waals surface area (Å²) in [5, 5.41) is 1.03. The van der Waals surface area contributed by atoms with Crippen LogP contribution in [-0.4, -0.2) is 29.0 Å². The van der Waals surface area contributed by atoms with E-state index in [1.165, 1.54) is 0 Å². The lowest BCUT2D eigenvalue weighted by Gasteiger charge is -2.15. The fourth-order valence-electron chi connectivity index (χ4n) is 2.05. The van der Waals surface area contributed by atoms with Crippen LogP contribution in [0.2, 0.25) is 0 Å². The van der Waals surface area contributed by atoms with Crippen LogP contribution < -0.4 is 4.90 Å². The predicted octanol–water partition coefficient (Wildman–Crippen LogP) is 3.52. The standard InChI is InChI=1S/C15H13BrN4/c1-20(2)15-12-6-5-11(16)8-13(12)18-14(19-15)10-4-3-7-17-9-10/h3-9H,1-2H3. The van der Waals surface area contributed by atoms with Crippen LogP contribution in [-0.2, 0) is 0 Å². The number of nitrogens with zero attached hydrogens (tertiary/aromatic N) is 4. The van der Waals surface area contributed by atoms with Gasteiger partial charge in [-0.05, 0) is 30.3 Å². The molecule has 0 bridgehead atoms. The molecule has 0 unspecified atom stereocenters. The number of benzene rings is 1. The SMILES string of the molecule is CN(C)c1nc(-c2cccnc2)nc2cc(Br)ccc12. The summed E-state index contributed by atoms with van der Waals surface area (Å²) in [5.41, 5.74) is 1.83. The molecule has 100 valence electrons. The molecule has 0 N–H and O–H groups in total. The lowest BCUT2D eigenvalue weighted by Crippen LogP contribution is -2.12. The highest BCUT2D eigenvalue weighted by molar-refractivity contribution is 9.10. The molecule has 2 aromatic heterocycles. The zero-order valence-electron chi connectivity index (χ0n) is 11.2. The molecule has 0 aliphatic carbocycles. The van der Waals surface area contributed by atoms with Gasteiger partial charge in [-0.15, -0.1) is 0 Å². The maximum Gasteiger partial charge on any atom is 0.163 e. The van der Waals surface area contributed by atoms with Crippen LogP contribution in [0.25, 0.3) is 22.3 Å². The molecule has 0 aliphatic rings. The van der Waals surface area contributed by atoms with Crippen molar-refractivity contribution in [2.24, 2.45) is 0 Å². The van der Waals surface area contributed by atoms with Gasteiger partial charge in [-0.2, -0.15) is 0 Å². The second kappa shape index (κ2) is 5.17. The molecular formula is C15H13BrN4. The van der Waals surface area contributed by atoms with Gasteiger partial charge in [0.1, 0.15) is 5.82 Å². The van der Waals surface area contributed by atoms with E-state index < -0.39 is 0 Å². The van der Waals surface area contributed by atoms with E-state index in [0.29, 0.717) is 5.82 Å². The van der Waals surface area contributed by atoms with Gasteiger partial charge in [-0.1, -0.05) is 15.9 Å². The van der Waals surface area contributed by atoms with Crippen molar-refractivity contribution in [2.45, 2.75) is 0 Å². The van der Waals surface area contributed by atoms with E-state index >= 15 is 0 Å². The fraction of sp³-hybridized carbons (Fsp3) is 0.133. The van der Waals surface area contributed by atoms with Crippen LogP contribution in [0.15, 0.2) is 47.2 Å². The summed E-state index contributed by atoms with van der Waals surface area (Å²) in [6.45, 7) is 0. The Morgan fingerprint density at radius 3 is 2.65 bits per heavy atom. The Bertz CT molecular complexity index is 756. The van der Waals surface area contributed by atoms with Crippen LogP contribution in [0, 0.1) is 0 Å². The van der Waals surface area contributed by atoms with Gasteiger partial charge in [0.2, 0.25) is 0 Å². The fourth-order valence-corrected chi connectivity index (χ4v) is 2.40. The Kier molecular flexibility index (Phi) is 3.36. The van der Waals surface area contributed by atoms with E-state index in [9.17, 15) is 0 Å². The van der Waals surface area contributed by atoms with E-state index in [1.807, 2.05) is 49.3 Å². The lowest BCUT2D eigenvalue weighted by atomic mass is 10.2. The highest BCUT2D eigenvalue weighted by Gasteiger charge is 2.11. The molecule has 3 aromatic rings. The van der Waals surface area contributed by atoms with Gasteiger partial charge in [-0.3, -0.25) is 4.98 Å². The number of fused-ring (bicyclic) bond motifs is 1. The largest absolute Gasteiger partial charge is 0.362 e. The molecule has 4 nitrogen and oxygen atoms in total. The highest BCUT2D eigenvalue weighted by Crippen LogP contribution is 2.28. The molecule has 20 heavy (non-hydrogen) atoms. The first kappa shape index (κ1) is 13.0. The molecule has 0 amide bonds. The van der Waals surface area contributed by atoms with Crippen molar-refractivity contribution in [1.29, 1.82) is 0 Å². The first-order valence-electron chi connectivity index (χ1n) is 6.20. The second-order valence-electron chi connectivity index (χ2n) is 4.67. The van der Waals surface area contributed by atoms with E-state index in [1.54, 1.807) is 12.4 Å². The number of pyridine rings is 1. The van der Waals surface area contributed by atoms with Crippen molar-refractivity contribution >= 4 is 32.7 Å². The molecule has 0 spiro atoms. The Hall–Kier alpha value is -2.01. The minimum absolute atomic E-state index is 0.687. The Morgan fingerprint density at radius 1 is 1.10 bits per heavy atom. The third-order valence-electron chi connectivity index (χ3n) is 2.98. The Labute approximate surface area is 125 Å². The summed E-state index contributed by atoms with van der Waals surface area (Å²) in [5.74, 6) is 1.59. The van der Waals surface area contributed by atoms with Gasteiger partial charge in [0.25, 0.3) is 0 Å². The minimum atomic E-state index is 0.687. The second-order valence-corrected chi connectivity index (χ2v) is 5.58. The van der Waals surface area contributed by atoms with E-state index in [-0.39, 0.29) is 0 Å². The van der Waals surface area contributed by atoms with E-state index in [0.717, 1.165) is 26.8 Å². The number of aromatic nitrogens is 3. The zero-order valence-corrected chi connectivity index (χ0v) is 12.8. The monoisotopic (exact) mass is 328 g/mol. The molecule has 2 heterocycles. The Morgan fingerprint density at radius 2 is 1.95 bits per heavy atom. The van der Waals surface area contributed by atoms with E-state index in [2.05, 4.69) is 30.9 Å². The lowest BCUT2D eigenvalue weighted by molar-refractivity contribution is 1.06. The van der Waals surface area contributed by atoms with E-state index in [4.69, 9.17) is 0 Å². The minimum Gasteiger partial charge on any atom is -0.362 e. The summed E-state index contributed by atoms with van der Waals surface area (Å²) in [6.07, 6.45) is 3.52. The summed E-state index contributed by atoms with van der Waals surface area (Å²) in [4.78, 5) is 15.4. The Balaban J connectivity index is 2.30. The summed E-state index contributed by atoms with van der Waals surface area (Å²) >= 11 is 3.49. The van der Waals surface area contributed by atoms with Crippen molar-refractivity contribution in [2.75, 3.05) is 19.0 Å². The third-order valence-corrected chi connectivity index (χ3v) is 3.48. The molecule has 0 fully saturated rings. The van der Waals surface area contributed by atoms with Crippen molar-refractivity contribution in [3.8, 4) is 11.4 Å². The number of hydrogen-bond acceptors (Lipinski definition) is 4. The zero-order chi connectivity index (χ0) is 14.1. The van der Waals surface area contributed by atoms with Gasteiger partial charge in [0.15, 0.2) is 5.82 Å². The number of rotatable bonds is 2. The molecule has 1 aromatic carbocycles. The van der Waals surface area contributed by atoms with Crippen molar-refractivity contribution in [3.63, 3.8) is 0 Å². The maximum absolute atomic E-state index is 4.66. The summed E-state index contributed by atoms with van der Waals surface area (Å²) in [7, 11) is 3.97. The quantitative estimate of drug-likeness (QED) is 0.721. The number of halogens is 1. The first-order chi connectivity index (χ1) is 9.65. The average molecular weight is 329 g/mol. The molecule has 0 radical (unpaired) electrons. The summed E-state index contributed by atoms with van der Waals surface area (Å²) < 4.78 is 1.01. The normalized spacial score (nSPS) is 10.8. The number of anilines is 1. The highest BCUT2D eigenvalue weighted by atomic mass is 79.9. The maximum atomic E-state index is 4.66. The van der Waals surface area contributed by atoms with Gasteiger partial charge in [0, 0.05) is 41.9 Å². The third kappa shape index (κ3) is 2.36. The molecule has 3 rings (SSSR count). The smallest absolute Gasteiger partial charge is 0.163 e. The molecule has 5 heteroatoms. The van der Waals surface area contributed by atoms with Crippen molar-refractivity contribution < 1.29 is 0 Å². The number of hydrogen-bond donors (Lipinski definition) is 0. The summed E-state index contributed by atoms with van der Waals surface area (Å²) in [6, 6.07) is 9.89. The topological polar surface area (TPSA) is 41.9 Å². The first-order valence-corrected chi connectivity index (χ1v) is 6.99. The average Bonchev–Trinajstić information content (AvgIpc) is 2.46. The molecule has 0 saturated carbocycles. The van der Waals surface area contributed by atoms with Crippen LogP contribution in [0.1, 0.15) is 0 Å². The molecule has 0 atom stereocenters. The van der Waals surface area contributed by atoms with Crippen molar-refractivity contribution in [3.05, 3.63) is 47.2 Å². The van der Waals surface area contributed by atoms with Gasteiger partial charge in [-0.25, -0.2) is 9.97 Å². The molecule has 0 aliphatic heterocycles. The van der Waals surface area contributed by atoms with Crippen LogP contribution in [0.3, 0.4) is 0 Å². The molecular weight excluding hydrogens is 316 g/mol. The van der Waals surface area contributed by atoms with Crippen LogP contribution >= 0.6 is 15.9 Å². The van der Waals surface area contributed by atoms with Gasteiger partial charge >= 0.3 is 0 Å². The molecule has 0 saturated heterocycles. The van der Waals surface area contributed by atoms with Gasteiger partial charge < -0.3 is 4.90 Å². The van der Waals surface area contributed by atoms with Crippen LogP contribution in [0.5, 0.6) is 0 Å². The van der Waals surface area contributed by atoms with Crippen LogP contribution in [0.4, 0.5) is 5.82 Å².